The summed E-state index contributed by atoms with van der Waals surface area (Å²) in [6.45, 7) is 2.36. The summed E-state index contributed by atoms with van der Waals surface area (Å²) < 4.78 is 0. The van der Waals surface area contributed by atoms with Gasteiger partial charge in [-0.05, 0) is 24.6 Å². The van der Waals surface area contributed by atoms with Crippen LogP contribution in [0.2, 0.25) is 0 Å². The molecule has 0 spiro atoms. The van der Waals surface area contributed by atoms with E-state index in [9.17, 15) is 4.79 Å². The Morgan fingerprint density at radius 2 is 2.28 bits per heavy atom. The molecule has 1 aromatic heterocycles. The van der Waals surface area contributed by atoms with Crippen LogP contribution in [0, 0.1) is 6.92 Å². The average molecular weight is 244 g/mol. The van der Waals surface area contributed by atoms with Crippen molar-refractivity contribution in [3.05, 3.63) is 47.5 Å². The van der Waals surface area contributed by atoms with Crippen LogP contribution in [-0.4, -0.2) is 27.8 Å². The molecule has 0 saturated heterocycles. The number of hydrogen-bond donors (Lipinski definition) is 2. The number of carbonyl (C=O) groups excluding carboxylic acids is 1. The highest BCUT2D eigenvalue weighted by atomic mass is 16.2. The fraction of sp³-hybridized carbons (Fsp3) is 0.231. The van der Waals surface area contributed by atoms with E-state index in [-0.39, 0.29) is 5.91 Å². The van der Waals surface area contributed by atoms with E-state index in [1.54, 1.807) is 36.5 Å². The van der Waals surface area contributed by atoms with E-state index in [2.05, 4.69) is 9.97 Å². The Morgan fingerprint density at radius 3 is 2.89 bits per heavy atom. The predicted molar refractivity (Wildman–Crippen MR) is 70.0 cm³/mol. The second-order valence-electron chi connectivity index (χ2n) is 4.27. The van der Waals surface area contributed by atoms with E-state index in [0.29, 0.717) is 17.8 Å². The van der Waals surface area contributed by atoms with Gasteiger partial charge in [-0.3, -0.25) is 4.79 Å². The fourth-order valence-corrected chi connectivity index (χ4v) is 1.67. The number of aromatic amines is 1. The molecule has 5 heteroatoms. The van der Waals surface area contributed by atoms with Crippen molar-refractivity contribution in [3.63, 3.8) is 0 Å². The monoisotopic (exact) mass is 244 g/mol. The number of anilines is 1. The Balaban J connectivity index is 2.12. The Morgan fingerprint density at radius 1 is 1.50 bits per heavy atom. The summed E-state index contributed by atoms with van der Waals surface area (Å²) in [7, 11) is 1.74. The number of nitrogens with two attached hydrogens (primary N) is 1. The summed E-state index contributed by atoms with van der Waals surface area (Å²) >= 11 is 0. The number of amides is 1. The highest BCUT2D eigenvalue weighted by molar-refractivity contribution is 5.95. The second kappa shape index (κ2) is 4.91. The highest BCUT2D eigenvalue weighted by Gasteiger charge is 2.13. The van der Waals surface area contributed by atoms with Gasteiger partial charge in [-0.25, -0.2) is 4.98 Å². The minimum Gasteiger partial charge on any atom is -0.398 e. The predicted octanol–water partition coefficient (Wildman–Crippen LogP) is 1.57. The maximum Gasteiger partial charge on any atom is 0.254 e. The Kier molecular flexibility index (Phi) is 3.32. The van der Waals surface area contributed by atoms with Crippen molar-refractivity contribution in [1.29, 1.82) is 0 Å². The zero-order valence-electron chi connectivity index (χ0n) is 10.5. The first-order chi connectivity index (χ1) is 8.58. The number of H-pyrrole nitrogens is 1. The normalized spacial score (nSPS) is 10.3. The van der Waals surface area contributed by atoms with Crippen molar-refractivity contribution in [2.75, 3.05) is 12.8 Å². The van der Waals surface area contributed by atoms with Crippen LogP contribution >= 0.6 is 0 Å². The first-order valence-corrected chi connectivity index (χ1v) is 5.68. The lowest BCUT2D eigenvalue weighted by molar-refractivity contribution is 0.0782. The lowest BCUT2D eigenvalue weighted by Gasteiger charge is -2.16. The number of rotatable bonds is 3. The van der Waals surface area contributed by atoms with Crippen molar-refractivity contribution in [2.24, 2.45) is 0 Å². The molecular formula is C13H16N4O. The fourth-order valence-electron chi connectivity index (χ4n) is 1.67. The van der Waals surface area contributed by atoms with Crippen molar-refractivity contribution < 1.29 is 4.79 Å². The molecule has 1 aromatic carbocycles. The molecule has 0 fully saturated rings. The average Bonchev–Trinajstić information content (AvgIpc) is 2.84. The highest BCUT2D eigenvalue weighted by Crippen LogP contribution is 2.14. The third kappa shape index (κ3) is 2.51. The zero-order valence-corrected chi connectivity index (χ0v) is 10.5. The first kappa shape index (κ1) is 12.2. The van der Waals surface area contributed by atoms with Gasteiger partial charge in [0.05, 0.1) is 6.54 Å². The van der Waals surface area contributed by atoms with E-state index < -0.39 is 0 Å². The number of benzene rings is 1. The Bertz CT molecular complexity index is 548. The summed E-state index contributed by atoms with van der Waals surface area (Å²) in [6.07, 6.45) is 3.40. The van der Waals surface area contributed by atoms with Crippen LogP contribution in [0.1, 0.15) is 21.7 Å². The third-order valence-corrected chi connectivity index (χ3v) is 2.81. The number of nitrogen functional groups attached to an aromatic ring is 1. The van der Waals surface area contributed by atoms with Gasteiger partial charge in [-0.15, -0.1) is 0 Å². The number of nitrogens with zero attached hydrogens (tertiary/aromatic N) is 2. The molecule has 0 aliphatic carbocycles. The molecule has 1 amide bonds. The summed E-state index contributed by atoms with van der Waals surface area (Å²) in [5, 5.41) is 0. The van der Waals surface area contributed by atoms with Crippen LogP contribution in [0.4, 0.5) is 5.69 Å². The van der Waals surface area contributed by atoms with Crippen molar-refractivity contribution in [1.82, 2.24) is 14.9 Å². The number of carbonyl (C=O) groups is 1. The van der Waals surface area contributed by atoms with Crippen molar-refractivity contribution in [3.8, 4) is 0 Å². The van der Waals surface area contributed by atoms with E-state index in [1.807, 2.05) is 13.0 Å². The van der Waals surface area contributed by atoms with Crippen molar-refractivity contribution in [2.45, 2.75) is 13.5 Å². The summed E-state index contributed by atoms with van der Waals surface area (Å²) in [4.78, 5) is 20.8. The van der Waals surface area contributed by atoms with E-state index in [0.717, 1.165) is 11.4 Å². The molecule has 0 unspecified atom stereocenters. The van der Waals surface area contributed by atoms with Gasteiger partial charge in [-0.1, -0.05) is 6.07 Å². The lowest BCUT2D eigenvalue weighted by Crippen LogP contribution is -2.26. The molecule has 0 aliphatic heterocycles. The maximum atomic E-state index is 12.2. The molecule has 3 N–H and O–H groups in total. The zero-order chi connectivity index (χ0) is 13.1. The standard InChI is InChI=1S/C13H16N4O/c1-9-3-4-10(7-11(9)14)13(18)17(2)8-12-15-5-6-16-12/h3-7H,8,14H2,1-2H3,(H,15,16). The van der Waals surface area contributed by atoms with Crippen LogP contribution < -0.4 is 5.73 Å². The van der Waals surface area contributed by atoms with Gasteiger partial charge < -0.3 is 15.6 Å². The second-order valence-corrected chi connectivity index (χ2v) is 4.27. The van der Waals surface area contributed by atoms with Gasteiger partial charge in [-0.2, -0.15) is 0 Å². The molecule has 2 aromatic rings. The first-order valence-electron chi connectivity index (χ1n) is 5.68. The smallest absolute Gasteiger partial charge is 0.254 e. The van der Waals surface area contributed by atoms with Crippen LogP contribution in [0.3, 0.4) is 0 Å². The van der Waals surface area contributed by atoms with Gasteiger partial charge in [0.15, 0.2) is 0 Å². The minimum absolute atomic E-state index is 0.0712. The molecule has 2 rings (SSSR count). The van der Waals surface area contributed by atoms with E-state index in [1.165, 1.54) is 0 Å². The summed E-state index contributed by atoms with van der Waals surface area (Å²) in [5.74, 6) is 0.684. The van der Waals surface area contributed by atoms with Crippen LogP contribution in [0.15, 0.2) is 30.6 Å². The van der Waals surface area contributed by atoms with E-state index >= 15 is 0 Å². The van der Waals surface area contributed by atoms with Crippen LogP contribution in [-0.2, 0) is 6.54 Å². The van der Waals surface area contributed by atoms with E-state index in [4.69, 9.17) is 5.73 Å². The van der Waals surface area contributed by atoms with Crippen LogP contribution in [0.5, 0.6) is 0 Å². The third-order valence-electron chi connectivity index (χ3n) is 2.81. The number of aromatic nitrogens is 2. The molecule has 0 saturated carbocycles. The summed E-state index contributed by atoms with van der Waals surface area (Å²) in [6, 6.07) is 5.34. The van der Waals surface area contributed by atoms with Gasteiger partial charge >= 0.3 is 0 Å². The largest absolute Gasteiger partial charge is 0.398 e. The molecule has 94 valence electrons. The molecule has 0 aliphatic rings. The number of imidazole rings is 1. The van der Waals surface area contributed by atoms with Crippen molar-refractivity contribution >= 4 is 11.6 Å². The molecule has 18 heavy (non-hydrogen) atoms. The number of aryl methyl sites for hydroxylation is 1. The maximum absolute atomic E-state index is 12.2. The molecule has 0 radical (unpaired) electrons. The SMILES string of the molecule is Cc1ccc(C(=O)N(C)Cc2ncc[nH]2)cc1N. The molecule has 0 bridgehead atoms. The number of nitrogens with one attached hydrogen (secondary N) is 1. The molecule has 5 nitrogen and oxygen atoms in total. The van der Waals surface area contributed by atoms with Gasteiger partial charge in [0.25, 0.3) is 5.91 Å². The number of hydrogen-bond acceptors (Lipinski definition) is 3. The minimum atomic E-state index is -0.0712. The molecule has 0 atom stereocenters. The van der Waals surface area contributed by atoms with Gasteiger partial charge in [0, 0.05) is 30.7 Å². The van der Waals surface area contributed by atoms with Crippen LogP contribution in [0.25, 0.3) is 0 Å². The Labute approximate surface area is 106 Å². The quantitative estimate of drug-likeness (QED) is 0.805. The van der Waals surface area contributed by atoms with Gasteiger partial charge in [0.2, 0.25) is 0 Å². The lowest BCUT2D eigenvalue weighted by atomic mass is 10.1. The molecule has 1 heterocycles. The molecular weight excluding hydrogens is 228 g/mol. The van der Waals surface area contributed by atoms with Gasteiger partial charge in [0.1, 0.15) is 5.82 Å². The topological polar surface area (TPSA) is 75.0 Å². The summed E-state index contributed by atoms with van der Waals surface area (Å²) in [5.41, 5.74) is 8.00. The Hall–Kier alpha value is -2.30.